The van der Waals surface area contributed by atoms with E-state index in [0.717, 1.165) is 6.67 Å². The van der Waals surface area contributed by atoms with Crippen LogP contribution in [0.1, 0.15) is 35.6 Å². The van der Waals surface area contributed by atoms with Crippen molar-refractivity contribution >= 4 is 17.1 Å². The lowest BCUT2D eigenvalue weighted by Crippen LogP contribution is -2.18. The van der Waals surface area contributed by atoms with Gasteiger partial charge in [-0.25, -0.2) is 0 Å². The molecule has 1 aliphatic heterocycles. The first-order chi connectivity index (χ1) is 8.34. The van der Waals surface area contributed by atoms with Crippen LogP contribution in [0, 0.1) is 6.92 Å². The zero-order valence-corrected chi connectivity index (χ0v) is 10.1. The van der Waals surface area contributed by atoms with Crippen LogP contribution in [0.4, 0.5) is 0 Å². The summed E-state index contributed by atoms with van der Waals surface area (Å²) in [5, 5.41) is 1.47. The van der Waals surface area contributed by atoms with Crippen LogP contribution in [-0.4, -0.2) is 10.8 Å². The van der Waals surface area contributed by atoms with E-state index in [9.17, 15) is 0 Å². The lowest BCUT2D eigenvalue weighted by atomic mass is 9.87. The molecule has 2 aromatic rings. The lowest BCUT2D eigenvalue weighted by molar-refractivity contribution is 0.577. The topological polar surface area (TPSA) is 17.3 Å². The fraction of sp³-hybridized carbons (Fsp3) is 0.400. The van der Waals surface area contributed by atoms with Crippen LogP contribution in [-0.2, 0) is 13.1 Å². The van der Waals surface area contributed by atoms with E-state index in [-0.39, 0.29) is 0 Å². The summed E-state index contributed by atoms with van der Waals surface area (Å²) in [6.45, 7) is 2.99. The molecule has 17 heavy (non-hydrogen) atoms. The second kappa shape index (κ2) is 3.22. The maximum atomic E-state index is 4.53. The van der Waals surface area contributed by atoms with Gasteiger partial charge in [0, 0.05) is 23.2 Å². The molecule has 1 aromatic heterocycles. The fourth-order valence-electron chi connectivity index (χ4n) is 3.43. The zero-order valence-electron chi connectivity index (χ0n) is 10.1. The molecule has 1 atom stereocenters. The van der Waals surface area contributed by atoms with Crippen molar-refractivity contribution in [3.05, 3.63) is 35.0 Å². The highest BCUT2D eigenvalue weighted by Crippen LogP contribution is 2.39. The zero-order chi connectivity index (χ0) is 11.4. The molecular formula is C15H16N2. The Labute approximate surface area is 101 Å². The van der Waals surface area contributed by atoms with Crippen LogP contribution in [0.2, 0.25) is 0 Å². The molecule has 0 N–H and O–H groups in total. The summed E-state index contributed by atoms with van der Waals surface area (Å²) < 4.78 is 2.42. The van der Waals surface area contributed by atoms with Crippen molar-refractivity contribution in [2.45, 2.75) is 38.8 Å². The first-order valence-corrected chi connectivity index (χ1v) is 6.46. The number of nitrogens with zero attached hydrogens (tertiary/aromatic N) is 2. The fourth-order valence-corrected chi connectivity index (χ4v) is 3.43. The molecule has 2 aliphatic rings. The number of aryl methyl sites for hydroxylation is 2. The third-order valence-electron chi connectivity index (χ3n) is 4.17. The van der Waals surface area contributed by atoms with Crippen molar-refractivity contribution in [1.82, 2.24) is 4.57 Å². The van der Waals surface area contributed by atoms with Crippen LogP contribution in [0.25, 0.3) is 10.9 Å². The van der Waals surface area contributed by atoms with Gasteiger partial charge in [0.25, 0.3) is 0 Å². The van der Waals surface area contributed by atoms with Gasteiger partial charge in [-0.05, 0) is 43.9 Å². The molecule has 0 saturated carbocycles. The van der Waals surface area contributed by atoms with Gasteiger partial charge in [-0.15, -0.1) is 0 Å². The molecule has 0 amide bonds. The van der Waals surface area contributed by atoms with Crippen molar-refractivity contribution in [3.63, 3.8) is 0 Å². The second-order valence-corrected chi connectivity index (χ2v) is 5.28. The SMILES string of the molecule is Cc1ccc2c(c1)c1c3n2CN=CC3CCC1. The normalized spacial score (nSPS) is 21.8. The predicted molar refractivity (Wildman–Crippen MR) is 70.8 cm³/mol. The average molecular weight is 224 g/mol. The summed E-state index contributed by atoms with van der Waals surface area (Å²) in [6.07, 6.45) is 5.99. The van der Waals surface area contributed by atoms with Gasteiger partial charge in [-0.2, -0.15) is 0 Å². The number of aliphatic imine (C=N–C) groups is 1. The van der Waals surface area contributed by atoms with Crippen LogP contribution >= 0.6 is 0 Å². The minimum absolute atomic E-state index is 0.570. The molecule has 4 rings (SSSR count). The van der Waals surface area contributed by atoms with Gasteiger partial charge in [0.2, 0.25) is 0 Å². The van der Waals surface area contributed by atoms with Crippen LogP contribution < -0.4 is 0 Å². The summed E-state index contributed by atoms with van der Waals surface area (Å²) in [6, 6.07) is 6.82. The Morgan fingerprint density at radius 3 is 3.24 bits per heavy atom. The standard InChI is InChI=1S/C15H16N2/c1-10-5-6-14-13(7-10)12-4-2-3-11-8-16-9-17(14)15(11)12/h5-8,11H,2-4,9H2,1H3. The van der Waals surface area contributed by atoms with Crippen molar-refractivity contribution < 1.29 is 0 Å². The number of hydrogen-bond acceptors (Lipinski definition) is 1. The minimum atomic E-state index is 0.570. The third-order valence-corrected chi connectivity index (χ3v) is 4.17. The van der Waals surface area contributed by atoms with E-state index >= 15 is 0 Å². The van der Waals surface area contributed by atoms with Crippen molar-refractivity contribution in [2.75, 3.05) is 0 Å². The van der Waals surface area contributed by atoms with Gasteiger partial charge in [0.1, 0.15) is 6.67 Å². The smallest absolute Gasteiger partial charge is 0.114 e. The Morgan fingerprint density at radius 1 is 1.35 bits per heavy atom. The van der Waals surface area contributed by atoms with Crippen molar-refractivity contribution in [2.24, 2.45) is 4.99 Å². The highest BCUT2D eigenvalue weighted by Gasteiger charge is 2.28. The van der Waals surface area contributed by atoms with Crippen molar-refractivity contribution in [3.8, 4) is 0 Å². The molecule has 1 unspecified atom stereocenters. The number of aromatic nitrogens is 1. The van der Waals surface area contributed by atoms with Gasteiger partial charge in [0.15, 0.2) is 0 Å². The van der Waals surface area contributed by atoms with Crippen LogP contribution in [0.5, 0.6) is 0 Å². The Kier molecular flexibility index (Phi) is 1.79. The predicted octanol–water partition coefficient (Wildman–Crippen LogP) is 3.41. The maximum Gasteiger partial charge on any atom is 0.114 e. The molecule has 86 valence electrons. The van der Waals surface area contributed by atoms with E-state index in [4.69, 9.17) is 0 Å². The van der Waals surface area contributed by atoms with Crippen LogP contribution in [0.3, 0.4) is 0 Å². The Balaban J connectivity index is 2.13. The van der Waals surface area contributed by atoms with E-state index in [1.807, 2.05) is 0 Å². The highest BCUT2D eigenvalue weighted by molar-refractivity contribution is 5.89. The van der Waals surface area contributed by atoms with E-state index < -0.39 is 0 Å². The van der Waals surface area contributed by atoms with E-state index in [2.05, 4.69) is 40.9 Å². The van der Waals surface area contributed by atoms with Gasteiger partial charge in [-0.1, -0.05) is 11.6 Å². The quantitative estimate of drug-likeness (QED) is 0.652. The number of hydrogen-bond donors (Lipinski definition) is 0. The van der Waals surface area contributed by atoms with Crippen LogP contribution in [0.15, 0.2) is 23.2 Å². The van der Waals surface area contributed by atoms with E-state index in [1.165, 1.54) is 35.7 Å². The number of fused-ring (bicyclic) bond motifs is 3. The van der Waals surface area contributed by atoms with Gasteiger partial charge < -0.3 is 4.57 Å². The number of benzene rings is 1. The minimum Gasteiger partial charge on any atom is -0.324 e. The average Bonchev–Trinajstić information content (AvgIpc) is 2.67. The summed E-state index contributed by atoms with van der Waals surface area (Å²) in [5.74, 6) is 0.570. The summed E-state index contributed by atoms with van der Waals surface area (Å²) in [4.78, 5) is 4.53. The summed E-state index contributed by atoms with van der Waals surface area (Å²) in [7, 11) is 0. The van der Waals surface area contributed by atoms with E-state index in [1.54, 1.807) is 11.3 Å². The Hall–Kier alpha value is -1.57. The summed E-state index contributed by atoms with van der Waals surface area (Å²) >= 11 is 0. The second-order valence-electron chi connectivity index (χ2n) is 5.28. The lowest BCUT2D eigenvalue weighted by Gasteiger charge is -2.25. The Morgan fingerprint density at radius 2 is 2.29 bits per heavy atom. The van der Waals surface area contributed by atoms with Crippen molar-refractivity contribution in [1.29, 1.82) is 0 Å². The summed E-state index contributed by atoms with van der Waals surface area (Å²) in [5.41, 5.74) is 5.88. The largest absolute Gasteiger partial charge is 0.324 e. The first-order valence-electron chi connectivity index (χ1n) is 6.46. The third kappa shape index (κ3) is 1.18. The molecule has 0 bridgehead atoms. The van der Waals surface area contributed by atoms with Gasteiger partial charge in [-0.3, -0.25) is 4.99 Å². The molecule has 1 aromatic carbocycles. The molecule has 0 spiro atoms. The van der Waals surface area contributed by atoms with Gasteiger partial charge in [0.05, 0.1) is 5.52 Å². The first kappa shape index (κ1) is 9.46. The molecular weight excluding hydrogens is 208 g/mol. The molecule has 0 fully saturated rings. The monoisotopic (exact) mass is 224 g/mol. The maximum absolute atomic E-state index is 4.53. The molecule has 2 heteroatoms. The molecule has 0 saturated heterocycles. The number of rotatable bonds is 0. The van der Waals surface area contributed by atoms with E-state index in [0.29, 0.717) is 5.92 Å². The molecule has 0 radical (unpaired) electrons. The highest BCUT2D eigenvalue weighted by atomic mass is 15.1. The molecule has 2 nitrogen and oxygen atoms in total. The molecule has 1 aliphatic carbocycles. The van der Waals surface area contributed by atoms with Gasteiger partial charge >= 0.3 is 0 Å². The molecule has 2 heterocycles. The Bertz CT molecular complexity index is 634.